The predicted molar refractivity (Wildman–Crippen MR) is 79.6 cm³/mol. The average Bonchev–Trinajstić information content (AvgIpc) is 2.49. The Hall–Kier alpha value is -2.88. The molecular formula is C14H16N6O. The van der Waals surface area contributed by atoms with Gasteiger partial charge in [-0.3, -0.25) is 0 Å². The van der Waals surface area contributed by atoms with Crippen molar-refractivity contribution in [2.75, 3.05) is 24.3 Å². The van der Waals surface area contributed by atoms with E-state index in [1.807, 2.05) is 31.2 Å². The van der Waals surface area contributed by atoms with Gasteiger partial charge < -0.3 is 15.4 Å². The molecule has 0 saturated heterocycles. The number of hydrogen-bond donors (Lipinski definition) is 2. The molecule has 1 aromatic heterocycles. The number of ether oxygens (including phenoxy) is 1. The van der Waals surface area contributed by atoms with E-state index < -0.39 is 0 Å². The lowest BCUT2D eigenvalue weighted by Gasteiger charge is -2.08. The standard InChI is InChI=1S/C14H16N6O/c1-3-16-12-18-13(20-14(19-12)21-2)17-11-6-4-10(5-7-11)8-9-15/h4-7H,3,8H2,1-2H3,(H2,16,17,18,19,20). The Kier molecular flexibility index (Phi) is 4.88. The van der Waals surface area contributed by atoms with Crippen molar-refractivity contribution in [3.63, 3.8) is 0 Å². The van der Waals surface area contributed by atoms with E-state index in [4.69, 9.17) is 10.00 Å². The molecule has 2 rings (SSSR count). The van der Waals surface area contributed by atoms with Gasteiger partial charge in [-0.15, -0.1) is 0 Å². The van der Waals surface area contributed by atoms with Gasteiger partial charge in [-0.05, 0) is 24.6 Å². The number of aromatic nitrogens is 3. The first-order valence-electron chi connectivity index (χ1n) is 6.52. The van der Waals surface area contributed by atoms with Crippen LogP contribution in [0, 0.1) is 11.3 Å². The van der Waals surface area contributed by atoms with Crippen LogP contribution in [0.5, 0.6) is 6.01 Å². The van der Waals surface area contributed by atoms with E-state index in [2.05, 4.69) is 31.7 Å². The summed E-state index contributed by atoms with van der Waals surface area (Å²) in [6.45, 7) is 2.66. The maximum absolute atomic E-state index is 8.65. The highest BCUT2D eigenvalue weighted by Crippen LogP contribution is 2.17. The Bertz CT molecular complexity index is 635. The minimum Gasteiger partial charge on any atom is -0.467 e. The second-order valence-electron chi connectivity index (χ2n) is 4.16. The summed E-state index contributed by atoms with van der Waals surface area (Å²) in [5, 5.41) is 14.7. The second-order valence-corrected chi connectivity index (χ2v) is 4.16. The molecule has 0 fully saturated rings. The summed E-state index contributed by atoms with van der Waals surface area (Å²) < 4.78 is 5.05. The Morgan fingerprint density at radius 1 is 1.14 bits per heavy atom. The molecule has 2 N–H and O–H groups in total. The zero-order valence-electron chi connectivity index (χ0n) is 11.9. The van der Waals surface area contributed by atoms with E-state index in [0.29, 0.717) is 24.9 Å². The molecule has 7 nitrogen and oxygen atoms in total. The number of rotatable bonds is 6. The van der Waals surface area contributed by atoms with Gasteiger partial charge in [0.1, 0.15) is 0 Å². The van der Waals surface area contributed by atoms with Crippen molar-refractivity contribution in [2.24, 2.45) is 0 Å². The smallest absolute Gasteiger partial charge is 0.322 e. The number of methoxy groups -OCH3 is 1. The molecular weight excluding hydrogens is 268 g/mol. The summed E-state index contributed by atoms with van der Waals surface area (Å²) in [4.78, 5) is 12.5. The fourth-order valence-electron chi connectivity index (χ4n) is 1.67. The predicted octanol–water partition coefficient (Wildman–Crippen LogP) is 2.12. The van der Waals surface area contributed by atoms with Crippen LogP contribution in [-0.4, -0.2) is 28.6 Å². The first-order valence-corrected chi connectivity index (χ1v) is 6.52. The van der Waals surface area contributed by atoms with Gasteiger partial charge >= 0.3 is 6.01 Å². The van der Waals surface area contributed by atoms with Crippen molar-refractivity contribution >= 4 is 17.6 Å². The van der Waals surface area contributed by atoms with Crippen molar-refractivity contribution in [1.82, 2.24) is 15.0 Å². The van der Waals surface area contributed by atoms with Crippen LogP contribution in [0.3, 0.4) is 0 Å². The summed E-state index contributed by atoms with van der Waals surface area (Å²) in [6, 6.07) is 9.86. The molecule has 0 radical (unpaired) electrons. The number of nitriles is 1. The number of anilines is 3. The molecule has 21 heavy (non-hydrogen) atoms. The Morgan fingerprint density at radius 2 is 1.86 bits per heavy atom. The highest BCUT2D eigenvalue weighted by Gasteiger charge is 2.06. The summed E-state index contributed by atoms with van der Waals surface area (Å²) in [7, 11) is 1.51. The van der Waals surface area contributed by atoms with Gasteiger partial charge in [0.05, 0.1) is 19.6 Å². The fraction of sp³-hybridized carbons (Fsp3) is 0.286. The highest BCUT2D eigenvalue weighted by atomic mass is 16.5. The quantitative estimate of drug-likeness (QED) is 0.838. The van der Waals surface area contributed by atoms with E-state index in [1.54, 1.807) is 0 Å². The van der Waals surface area contributed by atoms with Crippen molar-refractivity contribution in [1.29, 1.82) is 5.26 Å². The fourth-order valence-corrected chi connectivity index (χ4v) is 1.67. The zero-order chi connectivity index (χ0) is 15.1. The van der Waals surface area contributed by atoms with Crippen LogP contribution >= 0.6 is 0 Å². The van der Waals surface area contributed by atoms with Gasteiger partial charge in [0.2, 0.25) is 11.9 Å². The summed E-state index contributed by atoms with van der Waals surface area (Å²) in [5.41, 5.74) is 1.79. The van der Waals surface area contributed by atoms with Crippen molar-refractivity contribution < 1.29 is 4.74 Å². The first-order chi connectivity index (χ1) is 10.2. The maximum atomic E-state index is 8.65. The molecule has 0 atom stereocenters. The van der Waals surface area contributed by atoms with Gasteiger partial charge in [-0.2, -0.15) is 20.2 Å². The van der Waals surface area contributed by atoms with Crippen LogP contribution in [0.25, 0.3) is 0 Å². The minimum absolute atomic E-state index is 0.240. The van der Waals surface area contributed by atoms with E-state index in [-0.39, 0.29) is 6.01 Å². The lowest BCUT2D eigenvalue weighted by Crippen LogP contribution is -2.07. The molecule has 0 amide bonds. The molecule has 0 saturated carbocycles. The van der Waals surface area contributed by atoms with E-state index in [0.717, 1.165) is 11.3 Å². The monoisotopic (exact) mass is 284 g/mol. The van der Waals surface area contributed by atoms with Crippen molar-refractivity contribution in [2.45, 2.75) is 13.3 Å². The van der Waals surface area contributed by atoms with E-state index in [1.165, 1.54) is 7.11 Å². The molecule has 0 unspecified atom stereocenters. The molecule has 2 aromatic rings. The van der Waals surface area contributed by atoms with Crippen LogP contribution < -0.4 is 15.4 Å². The molecule has 0 spiro atoms. The van der Waals surface area contributed by atoms with Gasteiger partial charge in [-0.1, -0.05) is 12.1 Å². The number of nitrogens with zero attached hydrogens (tertiary/aromatic N) is 4. The molecule has 1 aromatic carbocycles. The first kappa shape index (κ1) is 14.5. The lowest BCUT2D eigenvalue weighted by molar-refractivity contribution is 0.379. The zero-order valence-corrected chi connectivity index (χ0v) is 11.9. The van der Waals surface area contributed by atoms with Crippen LogP contribution in [-0.2, 0) is 6.42 Å². The summed E-state index contributed by atoms with van der Waals surface area (Å²) in [5.74, 6) is 0.846. The van der Waals surface area contributed by atoms with E-state index >= 15 is 0 Å². The largest absolute Gasteiger partial charge is 0.467 e. The number of hydrogen-bond acceptors (Lipinski definition) is 7. The van der Waals surface area contributed by atoms with Crippen molar-refractivity contribution in [3.05, 3.63) is 29.8 Å². The third kappa shape index (κ3) is 4.04. The Balaban J connectivity index is 2.18. The SMILES string of the molecule is CCNc1nc(Nc2ccc(CC#N)cc2)nc(OC)n1. The maximum Gasteiger partial charge on any atom is 0.322 e. The summed E-state index contributed by atoms with van der Waals surface area (Å²) >= 11 is 0. The number of nitrogens with one attached hydrogen (secondary N) is 2. The van der Waals surface area contributed by atoms with Crippen molar-refractivity contribution in [3.8, 4) is 12.1 Å². The summed E-state index contributed by atoms with van der Waals surface area (Å²) in [6.07, 6.45) is 0.393. The molecule has 0 aliphatic rings. The normalized spacial score (nSPS) is 9.76. The van der Waals surface area contributed by atoms with Crippen LogP contribution in [0.2, 0.25) is 0 Å². The molecule has 0 bridgehead atoms. The van der Waals surface area contributed by atoms with E-state index in [9.17, 15) is 0 Å². The molecule has 1 heterocycles. The molecule has 108 valence electrons. The minimum atomic E-state index is 0.240. The Morgan fingerprint density at radius 3 is 2.48 bits per heavy atom. The third-order valence-electron chi connectivity index (χ3n) is 2.63. The lowest BCUT2D eigenvalue weighted by atomic mass is 10.1. The molecule has 0 aliphatic heterocycles. The Labute approximate surface area is 123 Å². The van der Waals surface area contributed by atoms with Crippen LogP contribution in [0.1, 0.15) is 12.5 Å². The van der Waals surface area contributed by atoms with Gasteiger partial charge in [0.15, 0.2) is 0 Å². The highest BCUT2D eigenvalue weighted by molar-refractivity contribution is 5.55. The van der Waals surface area contributed by atoms with Crippen LogP contribution in [0.4, 0.5) is 17.6 Å². The topological polar surface area (TPSA) is 95.8 Å². The van der Waals surface area contributed by atoms with Gasteiger partial charge in [-0.25, -0.2) is 0 Å². The van der Waals surface area contributed by atoms with Gasteiger partial charge in [0, 0.05) is 12.2 Å². The average molecular weight is 284 g/mol. The molecule has 7 heteroatoms. The third-order valence-corrected chi connectivity index (χ3v) is 2.63. The van der Waals surface area contributed by atoms with Crippen LogP contribution in [0.15, 0.2) is 24.3 Å². The number of benzene rings is 1. The van der Waals surface area contributed by atoms with Gasteiger partial charge in [0.25, 0.3) is 0 Å². The molecule has 0 aliphatic carbocycles. The second kappa shape index (κ2) is 7.05.